The molecule has 2 aromatic rings. The van der Waals surface area contributed by atoms with E-state index < -0.39 is 0 Å². The molecule has 0 saturated carbocycles. The Hall–Kier alpha value is -2.42. The molecule has 3 rings (SSSR count). The quantitative estimate of drug-likeness (QED) is 0.620. The Bertz CT molecular complexity index is 769. The van der Waals surface area contributed by atoms with Crippen LogP contribution in [-0.4, -0.2) is 13.2 Å². The van der Waals surface area contributed by atoms with Crippen molar-refractivity contribution in [3.63, 3.8) is 0 Å². The highest BCUT2D eigenvalue weighted by Crippen LogP contribution is 2.28. The topological polar surface area (TPSA) is 38.5 Å². The number of rotatable bonds is 9. The highest BCUT2D eigenvalue weighted by atomic mass is 16.5. The van der Waals surface area contributed by atoms with Crippen LogP contribution >= 0.6 is 0 Å². The van der Waals surface area contributed by atoms with Crippen molar-refractivity contribution in [2.75, 3.05) is 18.1 Å². The minimum absolute atomic E-state index is 0.755. The molecule has 0 atom stereocenters. The van der Waals surface area contributed by atoms with Gasteiger partial charge in [0, 0.05) is 30.5 Å². The van der Waals surface area contributed by atoms with Crippen LogP contribution in [0.25, 0.3) is 0 Å². The maximum atomic E-state index is 5.94. The highest BCUT2D eigenvalue weighted by molar-refractivity contribution is 5.53. The fraction of sp³-hybridized carbons (Fsp3) is 0.417. The van der Waals surface area contributed by atoms with Gasteiger partial charge in [0.1, 0.15) is 5.75 Å². The van der Waals surface area contributed by atoms with Gasteiger partial charge >= 0.3 is 0 Å². The number of hydrogen-bond acceptors (Lipinski definition) is 3. The Balaban J connectivity index is 1.66. The van der Waals surface area contributed by atoms with E-state index >= 15 is 0 Å². The van der Waals surface area contributed by atoms with Gasteiger partial charge in [-0.05, 0) is 54.5 Å². The van der Waals surface area contributed by atoms with Crippen LogP contribution in [0.1, 0.15) is 49.3 Å². The molecule has 0 aliphatic carbocycles. The standard InChI is InChI=1S/C24H32N2O/c1-3-4-5-15-27-24-8-6-7-23(17-24)26-14-13-21-12-11-20(10-9-19(2)25)16-22(21)18-26/h6-8,11-12,16-17H,2-5,9-10,13-15,18,25H2,1H3. The normalized spacial score (nSPS) is 13.3. The fourth-order valence-electron chi connectivity index (χ4n) is 3.60. The number of unbranched alkanes of at least 4 members (excludes halogenated alkanes) is 2. The van der Waals surface area contributed by atoms with Gasteiger partial charge in [-0.2, -0.15) is 0 Å². The van der Waals surface area contributed by atoms with Gasteiger partial charge in [-0.3, -0.25) is 0 Å². The minimum atomic E-state index is 0.755. The maximum Gasteiger partial charge on any atom is 0.121 e. The molecule has 27 heavy (non-hydrogen) atoms. The molecule has 0 fully saturated rings. The molecule has 0 amide bonds. The van der Waals surface area contributed by atoms with E-state index in [1.54, 1.807) is 0 Å². The monoisotopic (exact) mass is 364 g/mol. The Morgan fingerprint density at radius 1 is 1.15 bits per heavy atom. The van der Waals surface area contributed by atoms with Crippen LogP contribution in [0.2, 0.25) is 0 Å². The smallest absolute Gasteiger partial charge is 0.121 e. The maximum absolute atomic E-state index is 5.94. The van der Waals surface area contributed by atoms with E-state index in [0.29, 0.717) is 0 Å². The van der Waals surface area contributed by atoms with Crippen LogP contribution < -0.4 is 15.4 Å². The van der Waals surface area contributed by atoms with Crippen molar-refractivity contribution in [1.29, 1.82) is 0 Å². The molecular weight excluding hydrogens is 332 g/mol. The fourth-order valence-corrected chi connectivity index (χ4v) is 3.60. The molecular formula is C24H32N2O. The summed E-state index contributed by atoms with van der Waals surface area (Å²) >= 11 is 0. The van der Waals surface area contributed by atoms with E-state index in [-0.39, 0.29) is 0 Å². The first-order valence-electron chi connectivity index (χ1n) is 10.2. The molecule has 3 nitrogen and oxygen atoms in total. The second-order valence-corrected chi connectivity index (χ2v) is 7.49. The number of benzene rings is 2. The minimum Gasteiger partial charge on any atom is -0.494 e. The lowest BCUT2D eigenvalue weighted by atomic mass is 9.95. The molecule has 1 heterocycles. The molecule has 1 aliphatic rings. The molecule has 0 bridgehead atoms. The Labute approximate surface area is 163 Å². The van der Waals surface area contributed by atoms with Crippen molar-refractivity contribution in [2.24, 2.45) is 5.73 Å². The zero-order chi connectivity index (χ0) is 19.1. The number of hydrogen-bond donors (Lipinski definition) is 1. The highest BCUT2D eigenvalue weighted by Gasteiger charge is 2.17. The molecule has 0 aromatic heterocycles. The Morgan fingerprint density at radius 3 is 2.85 bits per heavy atom. The predicted molar refractivity (Wildman–Crippen MR) is 114 cm³/mol. The number of allylic oxidation sites excluding steroid dienone is 1. The third kappa shape index (κ3) is 5.53. The largest absolute Gasteiger partial charge is 0.494 e. The van der Waals surface area contributed by atoms with Crippen molar-refractivity contribution in [1.82, 2.24) is 0 Å². The zero-order valence-corrected chi connectivity index (χ0v) is 16.5. The van der Waals surface area contributed by atoms with Crippen molar-refractivity contribution in [2.45, 2.75) is 52.0 Å². The van der Waals surface area contributed by atoms with Crippen LogP contribution in [0, 0.1) is 0 Å². The molecule has 2 N–H and O–H groups in total. The molecule has 144 valence electrons. The van der Waals surface area contributed by atoms with Gasteiger partial charge in [-0.25, -0.2) is 0 Å². The van der Waals surface area contributed by atoms with Crippen molar-refractivity contribution < 1.29 is 4.74 Å². The second kappa shape index (κ2) is 9.50. The van der Waals surface area contributed by atoms with Gasteiger partial charge in [0.2, 0.25) is 0 Å². The molecule has 0 unspecified atom stereocenters. The van der Waals surface area contributed by atoms with Crippen LogP contribution in [-0.2, 0) is 19.4 Å². The van der Waals surface area contributed by atoms with E-state index in [4.69, 9.17) is 10.5 Å². The first-order chi connectivity index (χ1) is 13.2. The van der Waals surface area contributed by atoms with E-state index in [1.165, 1.54) is 35.2 Å². The van der Waals surface area contributed by atoms with Gasteiger partial charge in [0.15, 0.2) is 0 Å². The summed E-state index contributed by atoms with van der Waals surface area (Å²) in [5, 5.41) is 0. The molecule has 0 spiro atoms. The second-order valence-electron chi connectivity index (χ2n) is 7.49. The third-order valence-electron chi connectivity index (χ3n) is 5.22. The van der Waals surface area contributed by atoms with Gasteiger partial charge < -0.3 is 15.4 Å². The summed E-state index contributed by atoms with van der Waals surface area (Å²) in [5.41, 5.74) is 12.0. The number of nitrogens with two attached hydrogens (primary N) is 1. The first-order valence-corrected chi connectivity index (χ1v) is 10.2. The average Bonchev–Trinajstić information content (AvgIpc) is 2.69. The van der Waals surface area contributed by atoms with E-state index in [2.05, 4.69) is 60.9 Å². The first kappa shape index (κ1) is 19.3. The van der Waals surface area contributed by atoms with Gasteiger partial charge in [0.25, 0.3) is 0 Å². The summed E-state index contributed by atoms with van der Waals surface area (Å²) in [6.45, 7) is 8.82. The van der Waals surface area contributed by atoms with Crippen molar-refractivity contribution >= 4 is 5.69 Å². The van der Waals surface area contributed by atoms with Gasteiger partial charge in [-0.1, -0.05) is 50.6 Å². The van der Waals surface area contributed by atoms with Gasteiger partial charge in [0.05, 0.1) is 6.61 Å². The van der Waals surface area contributed by atoms with E-state index in [9.17, 15) is 0 Å². The van der Waals surface area contributed by atoms with Crippen LogP contribution in [0.15, 0.2) is 54.7 Å². The summed E-state index contributed by atoms with van der Waals surface area (Å²) in [7, 11) is 0. The lowest BCUT2D eigenvalue weighted by Crippen LogP contribution is -2.30. The lowest BCUT2D eigenvalue weighted by Gasteiger charge is -2.31. The lowest BCUT2D eigenvalue weighted by molar-refractivity contribution is 0.306. The average molecular weight is 365 g/mol. The summed E-state index contributed by atoms with van der Waals surface area (Å²) in [6.07, 6.45) is 6.46. The third-order valence-corrected chi connectivity index (χ3v) is 5.22. The molecule has 3 heteroatoms. The SMILES string of the molecule is C=C(N)CCc1ccc2c(c1)CN(c1cccc(OCCCCC)c1)CC2. The number of anilines is 1. The van der Waals surface area contributed by atoms with Crippen LogP contribution in [0.5, 0.6) is 5.75 Å². The van der Waals surface area contributed by atoms with Crippen molar-refractivity contribution in [3.8, 4) is 5.75 Å². The summed E-state index contributed by atoms with van der Waals surface area (Å²) in [4.78, 5) is 2.45. The molecule has 0 saturated heterocycles. The van der Waals surface area contributed by atoms with E-state index in [1.807, 2.05) is 0 Å². The molecule has 0 radical (unpaired) electrons. The number of fused-ring (bicyclic) bond motifs is 1. The van der Waals surface area contributed by atoms with Gasteiger partial charge in [-0.15, -0.1) is 0 Å². The Morgan fingerprint density at radius 2 is 2.04 bits per heavy atom. The van der Waals surface area contributed by atoms with Crippen molar-refractivity contribution in [3.05, 3.63) is 71.4 Å². The predicted octanol–water partition coefficient (Wildman–Crippen LogP) is 5.22. The molecule has 2 aromatic carbocycles. The zero-order valence-electron chi connectivity index (χ0n) is 16.5. The number of nitrogens with zero attached hydrogens (tertiary/aromatic N) is 1. The van der Waals surface area contributed by atoms with Crippen LogP contribution in [0.3, 0.4) is 0 Å². The number of aryl methyl sites for hydroxylation is 1. The Kier molecular flexibility index (Phi) is 6.80. The summed E-state index contributed by atoms with van der Waals surface area (Å²) in [5.74, 6) is 0.976. The number of ether oxygens (including phenoxy) is 1. The summed E-state index contributed by atoms with van der Waals surface area (Å²) in [6, 6.07) is 15.4. The molecule has 1 aliphatic heterocycles. The summed E-state index contributed by atoms with van der Waals surface area (Å²) < 4.78 is 5.94. The van der Waals surface area contributed by atoms with Crippen LogP contribution in [0.4, 0.5) is 5.69 Å². The van der Waals surface area contributed by atoms with E-state index in [0.717, 1.165) is 56.8 Å².